The van der Waals surface area contributed by atoms with E-state index in [4.69, 9.17) is 4.74 Å². The highest BCUT2D eigenvalue weighted by molar-refractivity contribution is 5.45. The molecule has 1 aliphatic rings. The van der Waals surface area contributed by atoms with E-state index >= 15 is 0 Å². The standard InChI is InChI=1S/C17H27NO2/c1-3-13-7-9-14(10-8-13)11-18-12-15-5-4-6-16(20-2)17(15)19/h4-6,13-14,18-19H,3,7-12H2,1-2H3. The fraction of sp³-hybridized carbons (Fsp3) is 0.647. The van der Waals surface area contributed by atoms with Crippen LogP contribution in [0.15, 0.2) is 18.2 Å². The minimum Gasteiger partial charge on any atom is -0.504 e. The number of methoxy groups -OCH3 is 1. The summed E-state index contributed by atoms with van der Waals surface area (Å²) in [4.78, 5) is 0. The van der Waals surface area contributed by atoms with Gasteiger partial charge < -0.3 is 15.2 Å². The van der Waals surface area contributed by atoms with E-state index in [0.29, 0.717) is 12.3 Å². The first-order chi connectivity index (χ1) is 9.74. The Morgan fingerprint density at radius 1 is 1.20 bits per heavy atom. The third kappa shape index (κ3) is 3.89. The normalized spacial score (nSPS) is 22.7. The predicted molar refractivity (Wildman–Crippen MR) is 82.1 cm³/mol. The summed E-state index contributed by atoms with van der Waals surface area (Å²) < 4.78 is 5.13. The van der Waals surface area contributed by atoms with E-state index in [0.717, 1.165) is 23.9 Å². The van der Waals surface area contributed by atoms with Crippen LogP contribution in [0.3, 0.4) is 0 Å². The summed E-state index contributed by atoms with van der Waals surface area (Å²) >= 11 is 0. The number of benzene rings is 1. The molecule has 1 saturated carbocycles. The molecule has 3 nitrogen and oxygen atoms in total. The van der Waals surface area contributed by atoms with Gasteiger partial charge in [0, 0.05) is 12.1 Å². The van der Waals surface area contributed by atoms with Crippen LogP contribution in [0.5, 0.6) is 11.5 Å². The Kier molecular flexibility index (Phi) is 5.72. The molecule has 3 heteroatoms. The third-order valence-electron chi connectivity index (χ3n) is 4.59. The molecule has 0 radical (unpaired) electrons. The number of para-hydroxylation sites is 1. The van der Waals surface area contributed by atoms with E-state index < -0.39 is 0 Å². The molecule has 2 rings (SSSR count). The Morgan fingerprint density at radius 3 is 2.55 bits per heavy atom. The number of ether oxygens (including phenoxy) is 1. The van der Waals surface area contributed by atoms with Gasteiger partial charge in [-0.05, 0) is 37.3 Å². The van der Waals surface area contributed by atoms with Crippen molar-refractivity contribution >= 4 is 0 Å². The average Bonchev–Trinajstić information content (AvgIpc) is 2.49. The van der Waals surface area contributed by atoms with Gasteiger partial charge in [-0.2, -0.15) is 0 Å². The summed E-state index contributed by atoms with van der Waals surface area (Å²) in [7, 11) is 1.58. The van der Waals surface area contributed by atoms with Crippen LogP contribution in [0.1, 0.15) is 44.6 Å². The van der Waals surface area contributed by atoms with E-state index in [1.807, 2.05) is 12.1 Å². The van der Waals surface area contributed by atoms with E-state index in [1.165, 1.54) is 32.1 Å². The van der Waals surface area contributed by atoms with Gasteiger partial charge in [0.05, 0.1) is 7.11 Å². The minimum absolute atomic E-state index is 0.261. The van der Waals surface area contributed by atoms with E-state index in [2.05, 4.69) is 12.2 Å². The van der Waals surface area contributed by atoms with Gasteiger partial charge in [-0.25, -0.2) is 0 Å². The molecule has 1 fully saturated rings. The molecular weight excluding hydrogens is 250 g/mol. The van der Waals surface area contributed by atoms with Crippen molar-refractivity contribution in [3.63, 3.8) is 0 Å². The number of hydrogen-bond acceptors (Lipinski definition) is 3. The molecule has 0 bridgehead atoms. The maximum absolute atomic E-state index is 10.0. The van der Waals surface area contributed by atoms with Crippen LogP contribution in [-0.4, -0.2) is 18.8 Å². The van der Waals surface area contributed by atoms with Crippen LogP contribution >= 0.6 is 0 Å². The zero-order valence-electron chi connectivity index (χ0n) is 12.7. The second-order valence-electron chi connectivity index (χ2n) is 5.89. The monoisotopic (exact) mass is 277 g/mol. The molecular formula is C17H27NO2. The molecule has 20 heavy (non-hydrogen) atoms. The molecule has 0 aliphatic heterocycles. The van der Waals surface area contributed by atoms with Crippen molar-refractivity contribution in [1.82, 2.24) is 5.32 Å². The Bertz CT molecular complexity index is 411. The smallest absolute Gasteiger partial charge is 0.162 e. The zero-order valence-corrected chi connectivity index (χ0v) is 12.7. The van der Waals surface area contributed by atoms with Gasteiger partial charge in [-0.15, -0.1) is 0 Å². The van der Waals surface area contributed by atoms with Crippen molar-refractivity contribution < 1.29 is 9.84 Å². The molecule has 0 aromatic heterocycles. The SMILES string of the molecule is CCC1CCC(CNCc2cccc(OC)c2O)CC1. The largest absolute Gasteiger partial charge is 0.504 e. The highest BCUT2D eigenvalue weighted by atomic mass is 16.5. The molecule has 0 unspecified atom stereocenters. The van der Waals surface area contributed by atoms with Gasteiger partial charge in [0.25, 0.3) is 0 Å². The van der Waals surface area contributed by atoms with Gasteiger partial charge in [-0.3, -0.25) is 0 Å². The van der Waals surface area contributed by atoms with Crippen molar-refractivity contribution in [2.75, 3.05) is 13.7 Å². The first-order valence-electron chi connectivity index (χ1n) is 7.80. The summed E-state index contributed by atoms with van der Waals surface area (Å²) in [5.74, 6) is 2.56. The fourth-order valence-corrected chi connectivity index (χ4v) is 3.13. The topological polar surface area (TPSA) is 41.5 Å². The summed E-state index contributed by atoms with van der Waals surface area (Å²) in [5, 5.41) is 13.5. The lowest BCUT2D eigenvalue weighted by Gasteiger charge is -2.28. The molecule has 2 N–H and O–H groups in total. The Labute approximate surface area is 122 Å². The molecule has 1 aromatic carbocycles. The molecule has 0 spiro atoms. The number of hydrogen-bond donors (Lipinski definition) is 2. The van der Waals surface area contributed by atoms with E-state index in [1.54, 1.807) is 13.2 Å². The first kappa shape index (κ1) is 15.2. The molecule has 0 atom stereocenters. The average molecular weight is 277 g/mol. The van der Waals surface area contributed by atoms with E-state index in [9.17, 15) is 5.11 Å². The lowest BCUT2D eigenvalue weighted by atomic mass is 9.81. The third-order valence-corrected chi connectivity index (χ3v) is 4.59. The zero-order chi connectivity index (χ0) is 14.4. The van der Waals surface area contributed by atoms with Gasteiger partial charge in [0.2, 0.25) is 0 Å². The van der Waals surface area contributed by atoms with Crippen molar-refractivity contribution in [2.24, 2.45) is 11.8 Å². The second kappa shape index (κ2) is 7.53. The van der Waals surface area contributed by atoms with Gasteiger partial charge in [0.15, 0.2) is 11.5 Å². The maximum Gasteiger partial charge on any atom is 0.162 e. The van der Waals surface area contributed by atoms with Gasteiger partial charge in [0.1, 0.15) is 0 Å². The highest BCUT2D eigenvalue weighted by Crippen LogP contribution is 2.31. The predicted octanol–water partition coefficient (Wildman–Crippen LogP) is 3.71. The summed E-state index contributed by atoms with van der Waals surface area (Å²) in [6.45, 7) is 4.05. The minimum atomic E-state index is 0.261. The van der Waals surface area contributed by atoms with Crippen LogP contribution in [0.4, 0.5) is 0 Å². The van der Waals surface area contributed by atoms with Crippen molar-refractivity contribution in [1.29, 1.82) is 0 Å². The number of phenolic OH excluding ortho intramolecular Hbond substituents is 1. The fourth-order valence-electron chi connectivity index (χ4n) is 3.13. The quantitative estimate of drug-likeness (QED) is 0.833. The van der Waals surface area contributed by atoms with Crippen molar-refractivity contribution in [2.45, 2.75) is 45.6 Å². The Balaban J connectivity index is 1.76. The van der Waals surface area contributed by atoms with Gasteiger partial charge >= 0.3 is 0 Å². The Hall–Kier alpha value is -1.22. The van der Waals surface area contributed by atoms with Gasteiger partial charge in [-0.1, -0.05) is 38.3 Å². The maximum atomic E-state index is 10.0. The lowest BCUT2D eigenvalue weighted by molar-refractivity contribution is 0.262. The number of nitrogens with one attached hydrogen (secondary N) is 1. The molecule has 0 saturated heterocycles. The number of phenols is 1. The molecule has 112 valence electrons. The van der Waals surface area contributed by atoms with Crippen LogP contribution in [-0.2, 0) is 6.54 Å². The molecule has 0 amide bonds. The van der Waals surface area contributed by atoms with Crippen molar-refractivity contribution in [3.05, 3.63) is 23.8 Å². The summed E-state index contributed by atoms with van der Waals surface area (Å²) in [6.07, 6.45) is 6.78. The van der Waals surface area contributed by atoms with Crippen LogP contribution in [0.25, 0.3) is 0 Å². The summed E-state index contributed by atoms with van der Waals surface area (Å²) in [6, 6.07) is 5.64. The second-order valence-corrected chi connectivity index (χ2v) is 5.89. The lowest BCUT2D eigenvalue weighted by Crippen LogP contribution is -2.26. The van der Waals surface area contributed by atoms with E-state index in [-0.39, 0.29) is 5.75 Å². The molecule has 1 aromatic rings. The molecule has 1 aliphatic carbocycles. The van der Waals surface area contributed by atoms with Crippen LogP contribution < -0.4 is 10.1 Å². The summed E-state index contributed by atoms with van der Waals surface area (Å²) in [5.41, 5.74) is 0.909. The highest BCUT2D eigenvalue weighted by Gasteiger charge is 2.19. The number of rotatable bonds is 6. The van der Waals surface area contributed by atoms with Crippen molar-refractivity contribution in [3.8, 4) is 11.5 Å². The Morgan fingerprint density at radius 2 is 1.90 bits per heavy atom. The van der Waals surface area contributed by atoms with Crippen LogP contribution in [0.2, 0.25) is 0 Å². The number of aromatic hydroxyl groups is 1. The van der Waals surface area contributed by atoms with Crippen LogP contribution in [0, 0.1) is 11.8 Å². The first-order valence-corrected chi connectivity index (χ1v) is 7.80. The molecule has 0 heterocycles.